The number of rotatable bonds is 1. The SMILES string of the molecule is CN(C)C(=O)CN.O=CO. The Bertz CT molecular complexity index is 103. The lowest BCUT2D eigenvalue weighted by molar-refractivity contribution is -0.127. The number of likely N-dealkylation sites (N-methyl/N-ethyl adjacent to an activating group) is 1. The zero-order valence-corrected chi connectivity index (χ0v) is 6.07. The van der Waals surface area contributed by atoms with Crippen LogP contribution in [0.5, 0.6) is 0 Å². The van der Waals surface area contributed by atoms with Crippen LogP contribution in [-0.4, -0.2) is 43.0 Å². The van der Waals surface area contributed by atoms with Gasteiger partial charge in [0.1, 0.15) is 0 Å². The number of carbonyl (C=O) groups is 2. The highest BCUT2D eigenvalue weighted by Crippen LogP contribution is 1.70. The summed E-state index contributed by atoms with van der Waals surface area (Å²) in [5.74, 6) is -0.0417. The van der Waals surface area contributed by atoms with Crippen molar-refractivity contribution < 1.29 is 14.7 Å². The number of amides is 1. The average molecular weight is 148 g/mol. The molecule has 0 saturated carbocycles. The van der Waals surface area contributed by atoms with Gasteiger partial charge in [0, 0.05) is 14.1 Å². The first-order valence-electron chi connectivity index (χ1n) is 2.58. The number of hydrogen-bond acceptors (Lipinski definition) is 3. The normalized spacial score (nSPS) is 7.10. The molecule has 0 rings (SSSR count). The molecule has 0 fully saturated rings. The fourth-order valence-electron chi connectivity index (χ4n) is 0.183. The smallest absolute Gasteiger partial charge is 0.290 e. The van der Waals surface area contributed by atoms with Crippen LogP contribution in [0.15, 0.2) is 0 Å². The molecule has 0 aromatic rings. The summed E-state index contributed by atoms with van der Waals surface area (Å²) in [5.41, 5.74) is 4.98. The van der Waals surface area contributed by atoms with Gasteiger partial charge in [0.25, 0.3) is 6.47 Å². The molecule has 0 unspecified atom stereocenters. The predicted octanol–water partition coefficient (Wildman–Crippen LogP) is -1.27. The van der Waals surface area contributed by atoms with Gasteiger partial charge in [-0.2, -0.15) is 0 Å². The molecule has 0 atom stereocenters. The molecule has 0 saturated heterocycles. The van der Waals surface area contributed by atoms with Crippen molar-refractivity contribution in [2.24, 2.45) is 5.73 Å². The molecule has 0 aromatic carbocycles. The number of nitrogens with zero attached hydrogens (tertiary/aromatic N) is 1. The van der Waals surface area contributed by atoms with Crippen LogP contribution in [-0.2, 0) is 9.59 Å². The van der Waals surface area contributed by atoms with Crippen molar-refractivity contribution >= 4 is 12.4 Å². The van der Waals surface area contributed by atoms with E-state index in [2.05, 4.69) is 0 Å². The summed E-state index contributed by atoms with van der Waals surface area (Å²) in [5, 5.41) is 6.89. The third kappa shape index (κ3) is 10.0. The highest BCUT2D eigenvalue weighted by Gasteiger charge is 1.95. The molecule has 0 aliphatic rings. The highest BCUT2D eigenvalue weighted by molar-refractivity contribution is 5.77. The number of carboxylic acid groups (broad SMARTS) is 1. The number of hydrogen-bond donors (Lipinski definition) is 2. The Morgan fingerprint density at radius 2 is 2.00 bits per heavy atom. The van der Waals surface area contributed by atoms with Crippen LogP contribution in [0, 0.1) is 0 Å². The van der Waals surface area contributed by atoms with Crippen LogP contribution in [0.4, 0.5) is 0 Å². The van der Waals surface area contributed by atoms with E-state index in [1.165, 1.54) is 4.90 Å². The van der Waals surface area contributed by atoms with Crippen LogP contribution in [0.3, 0.4) is 0 Å². The van der Waals surface area contributed by atoms with Crippen LogP contribution >= 0.6 is 0 Å². The fraction of sp³-hybridized carbons (Fsp3) is 0.600. The van der Waals surface area contributed by atoms with Crippen LogP contribution in [0.1, 0.15) is 0 Å². The van der Waals surface area contributed by atoms with Gasteiger partial charge in [0.2, 0.25) is 5.91 Å². The van der Waals surface area contributed by atoms with E-state index in [9.17, 15) is 4.79 Å². The average Bonchev–Trinajstić information content (AvgIpc) is 1.88. The van der Waals surface area contributed by atoms with Crippen molar-refractivity contribution in [2.75, 3.05) is 20.6 Å². The summed E-state index contributed by atoms with van der Waals surface area (Å²) in [6, 6.07) is 0. The molecule has 0 aliphatic heterocycles. The lowest BCUT2D eigenvalue weighted by atomic mass is 10.6. The van der Waals surface area contributed by atoms with E-state index >= 15 is 0 Å². The number of carbonyl (C=O) groups excluding carboxylic acids is 1. The molecule has 60 valence electrons. The Labute approximate surface area is 59.4 Å². The van der Waals surface area contributed by atoms with E-state index in [-0.39, 0.29) is 18.9 Å². The van der Waals surface area contributed by atoms with Gasteiger partial charge in [0.05, 0.1) is 6.54 Å². The maximum Gasteiger partial charge on any atom is 0.290 e. The van der Waals surface area contributed by atoms with Gasteiger partial charge in [-0.15, -0.1) is 0 Å². The summed E-state index contributed by atoms with van der Waals surface area (Å²) < 4.78 is 0. The zero-order chi connectivity index (χ0) is 8.57. The minimum absolute atomic E-state index is 0.0417. The van der Waals surface area contributed by atoms with Crippen molar-refractivity contribution in [1.29, 1.82) is 0 Å². The molecule has 0 heterocycles. The van der Waals surface area contributed by atoms with Crippen molar-refractivity contribution in [3.8, 4) is 0 Å². The second-order valence-corrected chi connectivity index (χ2v) is 1.60. The summed E-state index contributed by atoms with van der Waals surface area (Å²) >= 11 is 0. The van der Waals surface area contributed by atoms with Gasteiger partial charge in [0.15, 0.2) is 0 Å². The summed E-state index contributed by atoms with van der Waals surface area (Å²) in [6.45, 7) is -0.146. The molecule has 5 nitrogen and oxygen atoms in total. The van der Waals surface area contributed by atoms with E-state index < -0.39 is 0 Å². The summed E-state index contributed by atoms with van der Waals surface area (Å²) in [6.07, 6.45) is 0. The van der Waals surface area contributed by atoms with Gasteiger partial charge in [-0.1, -0.05) is 0 Å². The Kier molecular flexibility index (Phi) is 9.22. The van der Waals surface area contributed by atoms with Gasteiger partial charge in [-0.3, -0.25) is 9.59 Å². The molecule has 0 aromatic heterocycles. The van der Waals surface area contributed by atoms with Gasteiger partial charge in [-0.05, 0) is 0 Å². The van der Waals surface area contributed by atoms with Gasteiger partial charge >= 0.3 is 0 Å². The van der Waals surface area contributed by atoms with E-state index in [1.807, 2.05) is 0 Å². The van der Waals surface area contributed by atoms with Crippen molar-refractivity contribution in [3.05, 3.63) is 0 Å². The van der Waals surface area contributed by atoms with E-state index in [0.29, 0.717) is 0 Å². The molecule has 10 heavy (non-hydrogen) atoms. The minimum atomic E-state index is -0.250. The summed E-state index contributed by atoms with van der Waals surface area (Å²) in [4.78, 5) is 20.1. The van der Waals surface area contributed by atoms with Crippen molar-refractivity contribution in [2.45, 2.75) is 0 Å². The Balaban J connectivity index is 0. The summed E-state index contributed by atoms with van der Waals surface area (Å²) in [7, 11) is 3.35. The Morgan fingerprint density at radius 3 is 2.00 bits per heavy atom. The molecule has 0 bridgehead atoms. The maximum absolute atomic E-state index is 10.3. The first-order valence-corrected chi connectivity index (χ1v) is 2.58. The van der Waals surface area contributed by atoms with E-state index in [4.69, 9.17) is 15.6 Å². The zero-order valence-electron chi connectivity index (χ0n) is 6.07. The molecule has 3 N–H and O–H groups in total. The largest absolute Gasteiger partial charge is 0.483 e. The van der Waals surface area contributed by atoms with Gasteiger partial charge in [-0.25, -0.2) is 0 Å². The standard InChI is InChI=1S/C4H10N2O.CH2O2/c1-6(2)4(7)3-5;2-1-3/h3,5H2,1-2H3;1H,(H,2,3). The second-order valence-electron chi connectivity index (χ2n) is 1.60. The lowest BCUT2D eigenvalue weighted by Gasteiger charge is -2.05. The third-order valence-corrected chi connectivity index (χ3v) is 0.673. The van der Waals surface area contributed by atoms with Crippen LogP contribution in [0.2, 0.25) is 0 Å². The van der Waals surface area contributed by atoms with Crippen LogP contribution in [0.25, 0.3) is 0 Å². The first-order chi connectivity index (χ1) is 4.59. The number of nitrogens with two attached hydrogens (primary N) is 1. The molecule has 5 heteroatoms. The molecule has 0 radical (unpaired) electrons. The molecular weight excluding hydrogens is 136 g/mol. The lowest BCUT2D eigenvalue weighted by Crippen LogP contribution is -2.28. The molecule has 1 amide bonds. The predicted molar refractivity (Wildman–Crippen MR) is 36.4 cm³/mol. The highest BCUT2D eigenvalue weighted by atomic mass is 16.3. The van der Waals surface area contributed by atoms with Crippen molar-refractivity contribution in [3.63, 3.8) is 0 Å². The second kappa shape index (κ2) is 7.90. The monoisotopic (exact) mass is 148 g/mol. The van der Waals surface area contributed by atoms with Crippen LogP contribution < -0.4 is 5.73 Å². The van der Waals surface area contributed by atoms with E-state index in [0.717, 1.165) is 0 Å². The third-order valence-electron chi connectivity index (χ3n) is 0.673. The quantitative estimate of drug-likeness (QED) is 0.454. The Morgan fingerprint density at radius 1 is 1.70 bits per heavy atom. The molecular formula is C5H12N2O3. The molecule has 0 spiro atoms. The van der Waals surface area contributed by atoms with E-state index in [1.54, 1.807) is 14.1 Å². The maximum atomic E-state index is 10.3. The van der Waals surface area contributed by atoms with Crippen molar-refractivity contribution in [1.82, 2.24) is 4.90 Å². The van der Waals surface area contributed by atoms with Gasteiger partial charge < -0.3 is 15.7 Å². The fourth-order valence-corrected chi connectivity index (χ4v) is 0.183. The minimum Gasteiger partial charge on any atom is -0.483 e. The first kappa shape index (κ1) is 11.7. The topological polar surface area (TPSA) is 83.6 Å². The molecule has 0 aliphatic carbocycles. The Hall–Kier alpha value is -1.10.